The molecule has 1 rings (SSSR count). The Labute approximate surface area is 102 Å². The van der Waals surface area contributed by atoms with Crippen LogP contribution in [0.15, 0.2) is 4.90 Å². The van der Waals surface area contributed by atoms with Gasteiger partial charge in [0, 0.05) is 19.6 Å². The highest BCUT2D eigenvalue weighted by molar-refractivity contribution is 7.89. The summed E-state index contributed by atoms with van der Waals surface area (Å²) in [4.78, 5) is 0.121. The molecule has 0 aliphatic heterocycles. The number of aryl methyl sites for hydroxylation is 1. The minimum absolute atomic E-state index is 0.0594. The topological polar surface area (TPSA) is 81.2 Å². The van der Waals surface area contributed by atoms with Gasteiger partial charge in [-0.2, -0.15) is 9.40 Å². The highest BCUT2D eigenvalue weighted by Crippen LogP contribution is 2.26. The summed E-state index contributed by atoms with van der Waals surface area (Å²) in [6, 6.07) is -0.107. The summed E-state index contributed by atoms with van der Waals surface area (Å²) in [6.07, 6.45) is 0. The minimum atomic E-state index is -3.57. The summed E-state index contributed by atoms with van der Waals surface area (Å²) < 4.78 is 27.8. The van der Waals surface area contributed by atoms with Crippen molar-refractivity contribution in [2.75, 3.05) is 12.3 Å². The third-order valence-electron chi connectivity index (χ3n) is 2.76. The minimum Gasteiger partial charge on any atom is -0.381 e. The van der Waals surface area contributed by atoms with Crippen molar-refractivity contribution in [2.24, 2.45) is 7.05 Å². The van der Waals surface area contributed by atoms with Crippen LogP contribution >= 0.6 is 0 Å². The lowest BCUT2D eigenvalue weighted by Gasteiger charge is -2.24. The van der Waals surface area contributed by atoms with Crippen molar-refractivity contribution in [3.05, 3.63) is 5.69 Å². The largest absolute Gasteiger partial charge is 0.381 e. The maximum absolute atomic E-state index is 12.5. The van der Waals surface area contributed by atoms with Crippen LogP contribution in [0.2, 0.25) is 0 Å². The zero-order valence-electron chi connectivity index (χ0n) is 10.9. The van der Waals surface area contributed by atoms with Gasteiger partial charge in [0.25, 0.3) is 0 Å². The van der Waals surface area contributed by atoms with E-state index in [-0.39, 0.29) is 16.8 Å². The molecule has 6 nitrogen and oxygen atoms in total. The second-order valence-electron chi connectivity index (χ2n) is 4.23. The van der Waals surface area contributed by atoms with Crippen molar-refractivity contribution in [2.45, 2.75) is 38.6 Å². The molecule has 0 aliphatic carbocycles. The second-order valence-corrected chi connectivity index (χ2v) is 6.05. The average Bonchev–Trinajstić information content (AvgIpc) is 2.40. The Morgan fingerprint density at radius 2 is 2.00 bits per heavy atom. The zero-order chi connectivity index (χ0) is 13.4. The van der Waals surface area contributed by atoms with Crippen molar-refractivity contribution < 1.29 is 8.42 Å². The molecule has 0 radical (unpaired) electrons. The number of anilines is 1. The molecule has 0 amide bonds. The molecule has 17 heavy (non-hydrogen) atoms. The SMILES string of the molecule is CCN(C(C)C)S(=O)(=O)c1c(N)nn(C)c1C. The Balaban J connectivity index is 3.40. The van der Waals surface area contributed by atoms with Crippen LogP contribution in [-0.4, -0.2) is 35.1 Å². The number of rotatable bonds is 4. The molecule has 98 valence electrons. The molecule has 0 saturated carbocycles. The highest BCUT2D eigenvalue weighted by Gasteiger charge is 2.31. The predicted molar refractivity (Wildman–Crippen MR) is 67.1 cm³/mol. The Morgan fingerprint density at radius 3 is 2.29 bits per heavy atom. The van der Waals surface area contributed by atoms with Gasteiger partial charge >= 0.3 is 0 Å². The number of nitrogens with zero attached hydrogens (tertiary/aromatic N) is 3. The lowest BCUT2D eigenvalue weighted by atomic mass is 10.4. The van der Waals surface area contributed by atoms with Gasteiger partial charge in [0.05, 0.1) is 5.69 Å². The van der Waals surface area contributed by atoms with E-state index in [4.69, 9.17) is 5.73 Å². The Kier molecular flexibility index (Phi) is 3.83. The number of hydrogen-bond acceptors (Lipinski definition) is 4. The van der Waals surface area contributed by atoms with Gasteiger partial charge in [0.2, 0.25) is 10.0 Å². The van der Waals surface area contributed by atoms with Crippen LogP contribution in [-0.2, 0) is 17.1 Å². The molecule has 7 heteroatoms. The van der Waals surface area contributed by atoms with Crippen molar-refractivity contribution >= 4 is 15.8 Å². The first kappa shape index (κ1) is 14.0. The lowest BCUT2D eigenvalue weighted by molar-refractivity contribution is 0.369. The van der Waals surface area contributed by atoms with Gasteiger partial charge in [-0.15, -0.1) is 0 Å². The molecule has 0 saturated heterocycles. The van der Waals surface area contributed by atoms with Crippen molar-refractivity contribution in [3.63, 3.8) is 0 Å². The third-order valence-corrected chi connectivity index (χ3v) is 5.08. The number of sulfonamides is 1. The summed E-state index contributed by atoms with van der Waals surface area (Å²) in [7, 11) is -1.89. The van der Waals surface area contributed by atoms with Gasteiger partial charge in [-0.3, -0.25) is 4.68 Å². The molecule has 0 aromatic carbocycles. The maximum Gasteiger partial charge on any atom is 0.248 e. The quantitative estimate of drug-likeness (QED) is 0.865. The summed E-state index contributed by atoms with van der Waals surface area (Å²) in [5.41, 5.74) is 6.24. The fourth-order valence-corrected chi connectivity index (χ4v) is 3.80. The summed E-state index contributed by atoms with van der Waals surface area (Å²) >= 11 is 0. The molecule has 0 bridgehead atoms. The van der Waals surface area contributed by atoms with Gasteiger partial charge < -0.3 is 5.73 Å². The first-order valence-corrected chi connectivity index (χ1v) is 6.98. The predicted octanol–water partition coefficient (Wildman–Crippen LogP) is 0.730. The summed E-state index contributed by atoms with van der Waals surface area (Å²) in [5, 5.41) is 3.94. The molecule has 0 aliphatic rings. The number of nitrogens with two attached hydrogens (primary N) is 1. The number of aromatic nitrogens is 2. The molecule has 0 atom stereocenters. The van der Waals surface area contributed by atoms with E-state index in [0.717, 1.165) is 0 Å². The van der Waals surface area contributed by atoms with Crippen LogP contribution in [0.1, 0.15) is 26.5 Å². The van der Waals surface area contributed by atoms with Crippen LogP contribution in [0.5, 0.6) is 0 Å². The van der Waals surface area contributed by atoms with Crippen molar-refractivity contribution in [3.8, 4) is 0 Å². The number of hydrogen-bond donors (Lipinski definition) is 1. The lowest BCUT2D eigenvalue weighted by Crippen LogP contribution is -2.37. The van der Waals surface area contributed by atoms with Crippen LogP contribution in [0.25, 0.3) is 0 Å². The van der Waals surface area contributed by atoms with E-state index in [1.54, 1.807) is 20.9 Å². The summed E-state index contributed by atoms with van der Waals surface area (Å²) in [6.45, 7) is 7.59. The van der Waals surface area contributed by atoms with E-state index in [1.165, 1.54) is 8.99 Å². The summed E-state index contributed by atoms with van der Waals surface area (Å²) in [5.74, 6) is 0.0594. The van der Waals surface area contributed by atoms with Crippen LogP contribution in [0.4, 0.5) is 5.82 Å². The Morgan fingerprint density at radius 1 is 1.47 bits per heavy atom. The van der Waals surface area contributed by atoms with E-state index in [1.807, 2.05) is 13.8 Å². The van der Waals surface area contributed by atoms with Crippen LogP contribution in [0, 0.1) is 6.92 Å². The molecule has 0 spiro atoms. The smallest absolute Gasteiger partial charge is 0.248 e. The normalized spacial score (nSPS) is 12.6. The molecule has 0 fully saturated rings. The van der Waals surface area contributed by atoms with Gasteiger partial charge in [-0.05, 0) is 20.8 Å². The van der Waals surface area contributed by atoms with Crippen LogP contribution in [0.3, 0.4) is 0 Å². The van der Waals surface area contributed by atoms with Gasteiger partial charge in [0.1, 0.15) is 4.90 Å². The van der Waals surface area contributed by atoms with Crippen molar-refractivity contribution in [1.29, 1.82) is 0 Å². The van der Waals surface area contributed by atoms with E-state index >= 15 is 0 Å². The second kappa shape index (κ2) is 4.66. The van der Waals surface area contributed by atoms with Gasteiger partial charge in [0.15, 0.2) is 5.82 Å². The molecular weight excluding hydrogens is 240 g/mol. The monoisotopic (exact) mass is 260 g/mol. The van der Waals surface area contributed by atoms with Crippen LogP contribution < -0.4 is 5.73 Å². The molecular formula is C10H20N4O2S. The Hall–Kier alpha value is -1.08. The first-order valence-electron chi connectivity index (χ1n) is 5.54. The molecule has 1 heterocycles. The van der Waals surface area contributed by atoms with Crippen molar-refractivity contribution in [1.82, 2.24) is 14.1 Å². The third kappa shape index (κ3) is 2.30. The van der Waals surface area contributed by atoms with E-state index in [9.17, 15) is 8.42 Å². The maximum atomic E-state index is 12.5. The fourth-order valence-electron chi connectivity index (χ4n) is 1.86. The van der Waals surface area contributed by atoms with E-state index in [0.29, 0.717) is 12.2 Å². The first-order chi connectivity index (χ1) is 7.73. The highest BCUT2D eigenvalue weighted by atomic mass is 32.2. The molecule has 1 aromatic heterocycles. The van der Waals surface area contributed by atoms with E-state index in [2.05, 4.69) is 5.10 Å². The molecule has 2 N–H and O–H groups in total. The van der Waals surface area contributed by atoms with Gasteiger partial charge in [-0.1, -0.05) is 6.92 Å². The standard InChI is InChI=1S/C10H20N4O2S/c1-6-14(7(2)3)17(15,16)9-8(4)13(5)12-10(9)11/h7H,6H2,1-5H3,(H2,11,12). The number of nitrogen functional groups attached to an aromatic ring is 1. The van der Waals surface area contributed by atoms with E-state index < -0.39 is 10.0 Å². The molecule has 1 aromatic rings. The molecule has 0 unspecified atom stereocenters. The average molecular weight is 260 g/mol. The Bertz CT molecular complexity index is 505. The van der Waals surface area contributed by atoms with Gasteiger partial charge in [-0.25, -0.2) is 8.42 Å². The zero-order valence-corrected chi connectivity index (χ0v) is 11.7. The fraction of sp³-hybridized carbons (Fsp3) is 0.700.